The van der Waals surface area contributed by atoms with Gasteiger partial charge in [0.15, 0.2) is 11.0 Å². The summed E-state index contributed by atoms with van der Waals surface area (Å²) in [5.74, 6) is 0.650. The molecular formula is C31H31ClN2OS. The van der Waals surface area contributed by atoms with Crippen molar-refractivity contribution < 1.29 is 4.21 Å². The maximum atomic E-state index is 13.7. The Bertz CT molecular complexity index is 1270. The number of hydrogen-bond acceptors (Lipinski definition) is 2. The lowest BCUT2D eigenvalue weighted by atomic mass is 9.89. The van der Waals surface area contributed by atoms with Crippen LogP contribution >= 0.6 is 11.6 Å². The van der Waals surface area contributed by atoms with E-state index in [0.29, 0.717) is 17.5 Å². The molecule has 1 atom stereocenters. The molecule has 184 valence electrons. The highest BCUT2D eigenvalue weighted by Crippen LogP contribution is 2.30. The molecule has 0 aromatic heterocycles. The summed E-state index contributed by atoms with van der Waals surface area (Å²) >= 11 is 6.10. The zero-order chi connectivity index (χ0) is 24.7. The Morgan fingerprint density at radius 2 is 1.44 bits per heavy atom. The third-order valence-corrected chi connectivity index (χ3v) is 8.52. The van der Waals surface area contributed by atoms with Gasteiger partial charge in [0.25, 0.3) is 0 Å². The summed E-state index contributed by atoms with van der Waals surface area (Å²) < 4.78 is 15.7. The van der Waals surface area contributed by atoms with E-state index in [1.165, 1.54) is 24.0 Å². The minimum atomic E-state index is -1.33. The first-order chi connectivity index (χ1) is 17.7. The zero-order valence-electron chi connectivity index (χ0n) is 20.3. The summed E-state index contributed by atoms with van der Waals surface area (Å²) in [6, 6.07) is 36.8. The van der Waals surface area contributed by atoms with Crippen LogP contribution in [-0.4, -0.2) is 22.2 Å². The number of nitrogens with zero attached hydrogens (tertiary/aromatic N) is 2. The van der Waals surface area contributed by atoms with Crippen molar-refractivity contribution in [2.45, 2.75) is 36.7 Å². The van der Waals surface area contributed by atoms with Crippen LogP contribution in [0.5, 0.6) is 0 Å². The summed E-state index contributed by atoms with van der Waals surface area (Å²) in [5, 5.41) is 0.701. The average molecular weight is 515 g/mol. The van der Waals surface area contributed by atoms with Gasteiger partial charge < -0.3 is 0 Å². The molecule has 0 spiro atoms. The highest BCUT2D eigenvalue weighted by molar-refractivity contribution is 7.86. The van der Waals surface area contributed by atoms with E-state index in [-0.39, 0.29) is 0 Å². The lowest BCUT2D eigenvalue weighted by molar-refractivity contribution is 0.204. The molecule has 4 aromatic carbocycles. The van der Waals surface area contributed by atoms with Gasteiger partial charge in [-0.25, -0.2) is 4.21 Å². The molecule has 1 aliphatic heterocycles. The summed E-state index contributed by atoms with van der Waals surface area (Å²) in [6.07, 6.45) is 2.37. The number of benzene rings is 4. The fraction of sp³-hybridized carbons (Fsp3) is 0.226. The molecule has 5 heteroatoms. The van der Waals surface area contributed by atoms with Crippen molar-refractivity contribution in [3.05, 3.63) is 131 Å². The Morgan fingerprint density at radius 1 is 0.778 bits per heavy atom. The van der Waals surface area contributed by atoms with Crippen molar-refractivity contribution >= 4 is 28.3 Å². The minimum absolute atomic E-state index is 0.532. The van der Waals surface area contributed by atoms with E-state index < -0.39 is 11.0 Å². The Morgan fingerprint density at radius 3 is 2.14 bits per heavy atom. The van der Waals surface area contributed by atoms with E-state index >= 15 is 0 Å². The lowest BCUT2D eigenvalue weighted by Gasteiger charge is -2.32. The van der Waals surface area contributed by atoms with Gasteiger partial charge in [-0.3, -0.25) is 9.21 Å². The molecule has 1 aliphatic rings. The monoisotopic (exact) mass is 514 g/mol. The highest BCUT2D eigenvalue weighted by atomic mass is 35.5. The first-order valence-electron chi connectivity index (χ1n) is 12.5. The van der Waals surface area contributed by atoms with E-state index in [1.54, 1.807) is 0 Å². The van der Waals surface area contributed by atoms with Gasteiger partial charge in [0.05, 0.1) is 17.1 Å². The van der Waals surface area contributed by atoms with E-state index in [0.717, 1.165) is 35.8 Å². The second-order valence-corrected chi connectivity index (χ2v) is 11.2. The molecule has 0 saturated carbocycles. The van der Waals surface area contributed by atoms with Gasteiger partial charge >= 0.3 is 0 Å². The largest absolute Gasteiger partial charge is 0.299 e. The molecule has 0 aliphatic carbocycles. The lowest BCUT2D eigenvalue weighted by Crippen LogP contribution is -2.32. The predicted molar refractivity (Wildman–Crippen MR) is 151 cm³/mol. The predicted octanol–water partition coefficient (Wildman–Crippen LogP) is 7.45. The second-order valence-electron chi connectivity index (χ2n) is 9.36. The topological polar surface area (TPSA) is 23.6 Å². The summed E-state index contributed by atoms with van der Waals surface area (Å²) in [7, 11) is -1.33. The third-order valence-electron chi connectivity index (χ3n) is 6.85. The Hall–Kier alpha value is -2.92. The number of piperidine rings is 1. The van der Waals surface area contributed by atoms with Crippen molar-refractivity contribution in [1.82, 2.24) is 4.90 Å². The Kier molecular flexibility index (Phi) is 8.17. The normalized spacial score (nSPS) is 15.5. The van der Waals surface area contributed by atoms with Gasteiger partial charge in [0.2, 0.25) is 0 Å². The van der Waals surface area contributed by atoms with Crippen LogP contribution in [0.15, 0.2) is 114 Å². The molecule has 4 aromatic rings. The van der Waals surface area contributed by atoms with Crippen molar-refractivity contribution in [2.75, 3.05) is 17.4 Å². The maximum Gasteiger partial charge on any atom is 0.153 e. The molecule has 5 rings (SSSR count). The number of anilines is 1. The van der Waals surface area contributed by atoms with Crippen LogP contribution < -0.4 is 4.31 Å². The smallest absolute Gasteiger partial charge is 0.153 e. The fourth-order valence-electron chi connectivity index (χ4n) is 4.88. The minimum Gasteiger partial charge on any atom is -0.299 e. The third kappa shape index (κ3) is 6.25. The highest BCUT2D eigenvalue weighted by Gasteiger charge is 2.21. The van der Waals surface area contributed by atoms with E-state index in [4.69, 9.17) is 11.6 Å². The van der Waals surface area contributed by atoms with Crippen LogP contribution in [-0.2, 0) is 24.1 Å². The van der Waals surface area contributed by atoms with Crippen molar-refractivity contribution in [1.29, 1.82) is 0 Å². The first kappa shape index (κ1) is 24.8. The van der Waals surface area contributed by atoms with Gasteiger partial charge in [-0.05, 0) is 84.9 Å². The molecular weight excluding hydrogens is 484 g/mol. The molecule has 0 amide bonds. The van der Waals surface area contributed by atoms with Gasteiger partial charge in [-0.2, -0.15) is 0 Å². The average Bonchev–Trinajstić information content (AvgIpc) is 2.94. The quantitative estimate of drug-likeness (QED) is 0.244. The molecule has 36 heavy (non-hydrogen) atoms. The van der Waals surface area contributed by atoms with Crippen LogP contribution in [0.3, 0.4) is 0 Å². The SMILES string of the molecule is O=S(c1ccccc1)N(Cc1ccc(Cl)cc1)c1cccc(CN2CCC(c3ccccc3)CC2)c1. The number of likely N-dealkylation sites (tertiary alicyclic amines) is 1. The summed E-state index contributed by atoms with van der Waals surface area (Å²) in [5.41, 5.74) is 4.73. The van der Waals surface area contributed by atoms with E-state index in [9.17, 15) is 4.21 Å². The maximum absolute atomic E-state index is 13.7. The van der Waals surface area contributed by atoms with Crippen LogP contribution in [0.4, 0.5) is 5.69 Å². The van der Waals surface area contributed by atoms with Gasteiger partial charge in [0, 0.05) is 11.6 Å². The molecule has 1 saturated heterocycles. The zero-order valence-corrected chi connectivity index (χ0v) is 21.9. The molecule has 0 N–H and O–H groups in total. The number of rotatable bonds is 8. The standard InChI is InChI=1S/C31H31ClN2OS/c32-29-16-14-25(15-17-29)24-34(36(35)31-12-5-2-6-13-31)30-11-7-8-26(22-30)23-33-20-18-28(19-21-33)27-9-3-1-4-10-27/h1-17,22,28H,18-21,23-24H2. The first-order valence-corrected chi connectivity index (χ1v) is 14.0. The van der Waals surface area contributed by atoms with Gasteiger partial charge in [0.1, 0.15) is 0 Å². The molecule has 3 nitrogen and oxygen atoms in total. The summed E-state index contributed by atoms with van der Waals surface area (Å²) in [6.45, 7) is 3.62. The van der Waals surface area contributed by atoms with E-state index in [2.05, 4.69) is 59.5 Å². The van der Waals surface area contributed by atoms with Crippen LogP contribution in [0, 0.1) is 0 Å². The molecule has 1 fully saturated rings. The number of halogens is 1. The number of hydrogen-bond donors (Lipinski definition) is 0. The van der Waals surface area contributed by atoms with Crippen molar-refractivity contribution in [3.63, 3.8) is 0 Å². The van der Waals surface area contributed by atoms with Gasteiger partial charge in [-0.1, -0.05) is 84.4 Å². The molecule has 1 heterocycles. The van der Waals surface area contributed by atoms with E-state index in [1.807, 2.05) is 58.9 Å². The van der Waals surface area contributed by atoms with Crippen LogP contribution in [0.2, 0.25) is 5.02 Å². The van der Waals surface area contributed by atoms with Crippen LogP contribution in [0.25, 0.3) is 0 Å². The Balaban J connectivity index is 1.32. The molecule has 0 radical (unpaired) electrons. The second kappa shape index (κ2) is 11.9. The molecule has 1 unspecified atom stereocenters. The molecule has 0 bridgehead atoms. The van der Waals surface area contributed by atoms with Crippen LogP contribution in [0.1, 0.15) is 35.4 Å². The fourth-order valence-corrected chi connectivity index (χ4v) is 6.22. The Labute approximate surface area is 221 Å². The van der Waals surface area contributed by atoms with Gasteiger partial charge in [-0.15, -0.1) is 0 Å². The van der Waals surface area contributed by atoms with Crippen molar-refractivity contribution in [3.8, 4) is 0 Å². The summed E-state index contributed by atoms with van der Waals surface area (Å²) in [4.78, 5) is 3.33. The van der Waals surface area contributed by atoms with Crippen molar-refractivity contribution in [2.24, 2.45) is 0 Å².